The molecule has 2 unspecified atom stereocenters. The number of carboxylic acids is 1. The van der Waals surface area contributed by atoms with Crippen molar-refractivity contribution in [1.82, 2.24) is 9.88 Å². The quantitative estimate of drug-likeness (QED) is 0.617. The van der Waals surface area contributed by atoms with Crippen LogP contribution >= 0.6 is 34.9 Å². The lowest BCUT2D eigenvalue weighted by atomic mass is 9.89. The van der Waals surface area contributed by atoms with E-state index in [2.05, 4.69) is 4.98 Å². The second kappa shape index (κ2) is 5.45. The molecule has 3 rings (SSSR count). The van der Waals surface area contributed by atoms with Gasteiger partial charge in [0.15, 0.2) is 0 Å². The van der Waals surface area contributed by atoms with Gasteiger partial charge < -0.3 is 15.7 Å². The highest BCUT2D eigenvalue weighted by Crippen LogP contribution is 2.44. The maximum absolute atomic E-state index is 11.8. The van der Waals surface area contributed by atoms with Gasteiger partial charge >= 0.3 is 5.97 Å². The van der Waals surface area contributed by atoms with Crippen LogP contribution in [-0.2, 0) is 9.59 Å². The van der Waals surface area contributed by atoms with Crippen molar-refractivity contribution in [2.75, 3.05) is 18.1 Å². The molecule has 114 valence electrons. The second-order valence-electron chi connectivity index (χ2n) is 5.29. The Labute approximate surface area is 134 Å². The van der Waals surface area contributed by atoms with Crippen LogP contribution in [0.4, 0.5) is 0 Å². The van der Waals surface area contributed by atoms with Gasteiger partial charge in [0.1, 0.15) is 16.8 Å². The lowest BCUT2D eigenvalue weighted by Gasteiger charge is -2.52. The summed E-state index contributed by atoms with van der Waals surface area (Å²) in [5.74, 6) is -0.0763. The monoisotopic (exact) mass is 345 g/mol. The molecule has 1 amide bonds. The van der Waals surface area contributed by atoms with Crippen LogP contribution in [0.2, 0.25) is 0 Å². The summed E-state index contributed by atoms with van der Waals surface area (Å²) in [6.45, 7) is 2.16. The van der Waals surface area contributed by atoms with Gasteiger partial charge in [-0.1, -0.05) is 0 Å². The molecule has 1 aromatic heterocycles. The van der Waals surface area contributed by atoms with Crippen LogP contribution in [0.5, 0.6) is 0 Å². The number of aryl methyl sites for hydroxylation is 1. The molecule has 2 saturated heterocycles. The van der Waals surface area contributed by atoms with Crippen LogP contribution in [0.3, 0.4) is 0 Å². The number of aromatic nitrogens is 1. The molecule has 3 heterocycles. The van der Waals surface area contributed by atoms with Gasteiger partial charge in [-0.2, -0.15) is 0 Å². The summed E-state index contributed by atoms with van der Waals surface area (Å²) in [4.78, 5) is 29.3. The molecule has 0 spiro atoms. The number of carbonyl (C=O) groups excluding carboxylic acids is 1. The lowest BCUT2D eigenvalue weighted by molar-refractivity contribution is -0.155. The van der Waals surface area contributed by atoms with Crippen LogP contribution in [0.1, 0.15) is 5.69 Å². The third-order valence-electron chi connectivity index (χ3n) is 3.82. The van der Waals surface area contributed by atoms with Gasteiger partial charge in [-0.3, -0.25) is 9.59 Å². The molecule has 6 nitrogen and oxygen atoms in total. The molecule has 0 bridgehead atoms. The van der Waals surface area contributed by atoms with E-state index in [0.29, 0.717) is 11.5 Å². The van der Waals surface area contributed by atoms with E-state index < -0.39 is 17.4 Å². The van der Waals surface area contributed by atoms with E-state index in [0.717, 1.165) is 9.90 Å². The fraction of sp³-hybridized carbons (Fsp3) is 0.583. The number of aliphatic carboxylic acids is 1. The second-order valence-corrected chi connectivity index (χ2v) is 8.50. The Morgan fingerprint density at radius 1 is 1.71 bits per heavy atom. The molecule has 1 aromatic rings. The number of nitrogens with zero attached hydrogens (tertiary/aromatic N) is 2. The van der Waals surface area contributed by atoms with Crippen molar-refractivity contribution in [2.45, 2.75) is 22.5 Å². The molecule has 2 aliphatic rings. The summed E-state index contributed by atoms with van der Waals surface area (Å²) < 4.78 is 1.04. The molecule has 2 fully saturated rings. The van der Waals surface area contributed by atoms with Crippen LogP contribution in [0.25, 0.3) is 0 Å². The number of β-lactam (4-membered cyclic amide) rings is 1. The Morgan fingerprint density at radius 2 is 2.48 bits per heavy atom. The zero-order chi connectivity index (χ0) is 15.2. The summed E-state index contributed by atoms with van der Waals surface area (Å²) in [5, 5.41) is 9.60. The van der Waals surface area contributed by atoms with Crippen LogP contribution < -0.4 is 5.73 Å². The maximum Gasteiger partial charge on any atom is 0.313 e. The zero-order valence-electron chi connectivity index (χ0n) is 11.3. The van der Waals surface area contributed by atoms with E-state index in [1.807, 2.05) is 6.92 Å². The first kappa shape index (κ1) is 15.1. The molecule has 2 aliphatic heterocycles. The predicted octanol–water partition coefficient (Wildman–Crippen LogP) is 0.857. The molecule has 3 N–H and O–H groups in total. The largest absolute Gasteiger partial charge is 0.481 e. The number of fused-ring (bicyclic) bond motifs is 1. The Kier molecular flexibility index (Phi) is 3.93. The fourth-order valence-corrected chi connectivity index (χ4v) is 6.15. The van der Waals surface area contributed by atoms with E-state index in [1.165, 1.54) is 34.9 Å². The number of carbonyl (C=O) groups is 2. The topological polar surface area (TPSA) is 96.5 Å². The van der Waals surface area contributed by atoms with Gasteiger partial charge in [-0.05, 0) is 6.92 Å². The van der Waals surface area contributed by atoms with Crippen molar-refractivity contribution >= 4 is 46.7 Å². The molecule has 21 heavy (non-hydrogen) atoms. The summed E-state index contributed by atoms with van der Waals surface area (Å²) in [6.07, 6.45) is 0. The number of amides is 1. The van der Waals surface area contributed by atoms with Gasteiger partial charge in [0.2, 0.25) is 5.91 Å². The summed E-state index contributed by atoms with van der Waals surface area (Å²) in [7, 11) is 0. The molecular formula is C12H15N3O3S3. The first-order valence-electron chi connectivity index (χ1n) is 6.38. The van der Waals surface area contributed by atoms with Crippen LogP contribution in [0, 0.1) is 12.3 Å². The minimum Gasteiger partial charge on any atom is -0.481 e. The smallest absolute Gasteiger partial charge is 0.313 e. The molecular weight excluding hydrogens is 330 g/mol. The van der Waals surface area contributed by atoms with Gasteiger partial charge in [-0.25, -0.2) is 4.98 Å². The zero-order valence-corrected chi connectivity index (χ0v) is 13.8. The minimum atomic E-state index is -0.919. The van der Waals surface area contributed by atoms with E-state index in [-0.39, 0.29) is 17.8 Å². The Balaban J connectivity index is 1.74. The number of thiazole rings is 1. The third kappa shape index (κ3) is 2.45. The lowest BCUT2D eigenvalue weighted by Crippen LogP contribution is -2.72. The molecule has 0 aliphatic carbocycles. The summed E-state index contributed by atoms with van der Waals surface area (Å²) in [5.41, 5.74) is 7.51. The normalized spacial score (nSPS) is 31.7. The van der Waals surface area contributed by atoms with Gasteiger partial charge in [-0.15, -0.1) is 34.9 Å². The summed E-state index contributed by atoms with van der Waals surface area (Å²) in [6, 6.07) is -0.474. The number of carboxylic acid groups (broad SMARTS) is 1. The average Bonchev–Trinajstić information content (AvgIpc) is 2.89. The van der Waals surface area contributed by atoms with E-state index in [1.54, 1.807) is 10.4 Å². The molecule has 9 heteroatoms. The summed E-state index contributed by atoms with van der Waals surface area (Å²) >= 11 is 4.50. The van der Waals surface area contributed by atoms with E-state index >= 15 is 0 Å². The molecule has 3 atom stereocenters. The number of hydrogen-bond acceptors (Lipinski definition) is 7. The molecule has 0 aromatic carbocycles. The van der Waals surface area contributed by atoms with Crippen molar-refractivity contribution in [3.8, 4) is 0 Å². The Morgan fingerprint density at radius 3 is 3.10 bits per heavy atom. The van der Waals surface area contributed by atoms with Crippen molar-refractivity contribution in [2.24, 2.45) is 11.1 Å². The third-order valence-corrected chi connectivity index (χ3v) is 8.05. The van der Waals surface area contributed by atoms with Crippen molar-refractivity contribution in [1.29, 1.82) is 0 Å². The first-order chi connectivity index (χ1) is 9.94. The Bertz CT molecular complexity index is 593. The predicted molar refractivity (Wildman–Crippen MR) is 83.6 cm³/mol. The van der Waals surface area contributed by atoms with Crippen molar-refractivity contribution in [3.63, 3.8) is 0 Å². The standard InChI is InChI=1S/C12H15N3O3S3/c1-6-10(21-5-14-6)20-4-12(11(17)18)2-15-8(16)7(13)9(15)19-3-12/h5,7,9H,2-4,13H2,1H3,(H,17,18)/t7?,9-,12?/m1/s1. The van der Waals surface area contributed by atoms with E-state index in [4.69, 9.17) is 5.73 Å². The number of thioether (sulfide) groups is 2. The highest BCUT2D eigenvalue weighted by molar-refractivity contribution is 8.01. The van der Waals surface area contributed by atoms with Gasteiger partial charge in [0, 0.05) is 18.1 Å². The van der Waals surface area contributed by atoms with E-state index in [9.17, 15) is 14.7 Å². The van der Waals surface area contributed by atoms with Crippen molar-refractivity contribution in [3.05, 3.63) is 11.2 Å². The number of hydrogen-bond donors (Lipinski definition) is 2. The SMILES string of the molecule is Cc1ncsc1SCC1(C(=O)O)CS[C@@H]2C(N)C(=O)N2C1. The van der Waals surface area contributed by atoms with Gasteiger partial charge in [0.25, 0.3) is 0 Å². The minimum absolute atomic E-state index is 0.0554. The van der Waals surface area contributed by atoms with Gasteiger partial charge in [0.05, 0.1) is 15.4 Å². The Hall–Kier alpha value is -0.770. The first-order valence-corrected chi connectivity index (χ1v) is 9.30. The van der Waals surface area contributed by atoms with Crippen LogP contribution in [0.15, 0.2) is 9.72 Å². The highest BCUT2D eigenvalue weighted by Gasteiger charge is 2.55. The highest BCUT2D eigenvalue weighted by atomic mass is 32.2. The van der Waals surface area contributed by atoms with Crippen LogP contribution in [-0.4, -0.2) is 56.3 Å². The molecule has 0 saturated carbocycles. The maximum atomic E-state index is 11.8. The number of nitrogens with two attached hydrogens (primary N) is 1. The molecule has 0 radical (unpaired) electrons. The van der Waals surface area contributed by atoms with Crippen molar-refractivity contribution < 1.29 is 14.7 Å². The number of rotatable bonds is 4. The average molecular weight is 345 g/mol. The fourth-order valence-electron chi connectivity index (χ4n) is 2.44.